The van der Waals surface area contributed by atoms with E-state index in [4.69, 9.17) is 16.3 Å². The van der Waals surface area contributed by atoms with Gasteiger partial charge < -0.3 is 10.1 Å². The van der Waals surface area contributed by atoms with Crippen LogP contribution in [-0.4, -0.2) is 12.5 Å². The van der Waals surface area contributed by atoms with Crippen molar-refractivity contribution in [2.24, 2.45) is 0 Å². The van der Waals surface area contributed by atoms with Crippen molar-refractivity contribution in [1.82, 2.24) is 5.32 Å². The van der Waals surface area contributed by atoms with Gasteiger partial charge in [-0.05, 0) is 42.8 Å². The van der Waals surface area contributed by atoms with Crippen LogP contribution in [0.4, 0.5) is 0 Å². The van der Waals surface area contributed by atoms with Gasteiger partial charge in [0.05, 0.1) is 17.2 Å². The number of hydrogen-bond acceptors (Lipinski definition) is 2. The summed E-state index contributed by atoms with van der Waals surface area (Å²) in [7, 11) is 0. The molecular formula is C16H15BrClNO2. The first kappa shape index (κ1) is 15.9. The Hall–Kier alpha value is -1.52. The molecule has 3 nitrogen and oxygen atoms in total. The lowest BCUT2D eigenvalue weighted by atomic mass is 10.2. The van der Waals surface area contributed by atoms with Crippen LogP contribution in [0.5, 0.6) is 5.75 Å². The van der Waals surface area contributed by atoms with E-state index in [1.807, 2.05) is 31.2 Å². The van der Waals surface area contributed by atoms with Gasteiger partial charge in [-0.2, -0.15) is 0 Å². The fraction of sp³-hybridized carbons (Fsp3) is 0.188. The van der Waals surface area contributed by atoms with Crippen LogP contribution < -0.4 is 10.1 Å². The van der Waals surface area contributed by atoms with Gasteiger partial charge in [0.1, 0.15) is 5.75 Å². The minimum atomic E-state index is -0.200. The summed E-state index contributed by atoms with van der Waals surface area (Å²) in [6.07, 6.45) is 0. The summed E-state index contributed by atoms with van der Waals surface area (Å²) < 4.78 is 6.27. The highest BCUT2D eigenvalue weighted by Gasteiger charge is 2.10. The Balaban J connectivity index is 2.02. The Kier molecular flexibility index (Phi) is 5.65. The van der Waals surface area contributed by atoms with E-state index >= 15 is 0 Å². The molecule has 0 aliphatic carbocycles. The van der Waals surface area contributed by atoms with Crippen molar-refractivity contribution in [1.29, 1.82) is 0 Å². The molecular weight excluding hydrogens is 354 g/mol. The van der Waals surface area contributed by atoms with E-state index in [0.29, 0.717) is 23.7 Å². The first-order chi connectivity index (χ1) is 10.1. The molecule has 2 aromatic rings. The van der Waals surface area contributed by atoms with Crippen molar-refractivity contribution in [3.05, 3.63) is 63.1 Å². The normalized spacial score (nSPS) is 10.2. The number of nitrogens with one attached hydrogen (secondary N) is 1. The van der Waals surface area contributed by atoms with E-state index < -0.39 is 0 Å². The lowest BCUT2D eigenvalue weighted by Gasteiger charge is -2.09. The highest BCUT2D eigenvalue weighted by molar-refractivity contribution is 9.10. The van der Waals surface area contributed by atoms with E-state index in [9.17, 15) is 4.79 Å². The van der Waals surface area contributed by atoms with Gasteiger partial charge in [0.2, 0.25) is 0 Å². The molecule has 1 amide bonds. The predicted molar refractivity (Wildman–Crippen MR) is 87.9 cm³/mol. The number of halogens is 2. The number of amides is 1. The fourth-order valence-electron chi connectivity index (χ4n) is 1.86. The molecule has 0 aliphatic rings. The van der Waals surface area contributed by atoms with Crippen LogP contribution in [0.25, 0.3) is 0 Å². The molecule has 0 saturated carbocycles. The molecule has 2 rings (SSSR count). The van der Waals surface area contributed by atoms with Crippen LogP contribution in [0.3, 0.4) is 0 Å². The second kappa shape index (κ2) is 7.48. The van der Waals surface area contributed by atoms with E-state index in [0.717, 1.165) is 15.8 Å². The highest BCUT2D eigenvalue weighted by Crippen LogP contribution is 2.21. The van der Waals surface area contributed by atoms with Crippen molar-refractivity contribution in [3.8, 4) is 5.75 Å². The number of rotatable bonds is 5. The van der Waals surface area contributed by atoms with E-state index in [1.54, 1.807) is 18.2 Å². The SMILES string of the molecule is CCOc1cccc(CNC(=O)c2ccc(Br)cc2Cl)c1. The topological polar surface area (TPSA) is 38.3 Å². The van der Waals surface area contributed by atoms with Gasteiger partial charge in [-0.15, -0.1) is 0 Å². The molecule has 0 aromatic heterocycles. The third-order valence-corrected chi connectivity index (χ3v) is 3.64. The summed E-state index contributed by atoms with van der Waals surface area (Å²) in [6, 6.07) is 12.8. The first-order valence-corrected chi connectivity index (χ1v) is 7.72. The van der Waals surface area contributed by atoms with Crippen LogP contribution in [0.15, 0.2) is 46.9 Å². The number of ether oxygens (including phenoxy) is 1. The molecule has 5 heteroatoms. The van der Waals surface area contributed by atoms with Crippen LogP contribution in [0.2, 0.25) is 5.02 Å². The monoisotopic (exact) mass is 367 g/mol. The Morgan fingerprint density at radius 1 is 1.29 bits per heavy atom. The van der Waals surface area contributed by atoms with Crippen LogP contribution >= 0.6 is 27.5 Å². The largest absolute Gasteiger partial charge is 0.494 e. The summed E-state index contributed by atoms with van der Waals surface area (Å²) in [5.41, 5.74) is 1.43. The molecule has 1 N–H and O–H groups in total. The quantitative estimate of drug-likeness (QED) is 0.848. The zero-order chi connectivity index (χ0) is 15.2. The fourth-order valence-corrected chi connectivity index (χ4v) is 2.62. The second-order valence-corrected chi connectivity index (χ2v) is 5.71. The highest BCUT2D eigenvalue weighted by atomic mass is 79.9. The maximum Gasteiger partial charge on any atom is 0.253 e. The van der Waals surface area contributed by atoms with Gasteiger partial charge in [0, 0.05) is 11.0 Å². The summed E-state index contributed by atoms with van der Waals surface area (Å²) in [5.74, 6) is 0.597. The van der Waals surface area contributed by atoms with Crippen LogP contribution in [-0.2, 0) is 6.54 Å². The summed E-state index contributed by atoms with van der Waals surface area (Å²) in [4.78, 5) is 12.1. The van der Waals surface area contributed by atoms with Crippen molar-refractivity contribution >= 4 is 33.4 Å². The molecule has 0 radical (unpaired) electrons. The van der Waals surface area contributed by atoms with Crippen molar-refractivity contribution in [2.45, 2.75) is 13.5 Å². The van der Waals surface area contributed by atoms with E-state index in [1.165, 1.54) is 0 Å². The van der Waals surface area contributed by atoms with Gasteiger partial charge in [-0.3, -0.25) is 4.79 Å². The molecule has 0 heterocycles. The maximum absolute atomic E-state index is 12.1. The average molecular weight is 369 g/mol. The Morgan fingerprint density at radius 3 is 2.81 bits per heavy atom. The Bertz CT molecular complexity index is 646. The molecule has 0 fully saturated rings. The minimum absolute atomic E-state index is 0.200. The molecule has 2 aromatic carbocycles. The molecule has 0 spiro atoms. The molecule has 0 unspecified atom stereocenters. The molecule has 0 saturated heterocycles. The molecule has 110 valence electrons. The third-order valence-electron chi connectivity index (χ3n) is 2.84. The minimum Gasteiger partial charge on any atom is -0.494 e. The van der Waals surface area contributed by atoms with Crippen LogP contribution in [0, 0.1) is 0 Å². The molecule has 0 aliphatic heterocycles. The summed E-state index contributed by atoms with van der Waals surface area (Å²) in [5, 5.41) is 3.27. The smallest absolute Gasteiger partial charge is 0.253 e. The van der Waals surface area contributed by atoms with Crippen LogP contribution in [0.1, 0.15) is 22.8 Å². The van der Waals surface area contributed by atoms with Crippen molar-refractivity contribution in [3.63, 3.8) is 0 Å². The second-order valence-electron chi connectivity index (χ2n) is 4.39. The first-order valence-electron chi connectivity index (χ1n) is 6.55. The Labute approximate surface area is 137 Å². The van der Waals surface area contributed by atoms with Crippen molar-refractivity contribution < 1.29 is 9.53 Å². The Morgan fingerprint density at radius 2 is 2.10 bits per heavy atom. The van der Waals surface area contributed by atoms with Crippen molar-refractivity contribution in [2.75, 3.05) is 6.61 Å². The van der Waals surface area contributed by atoms with E-state index in [2.05, 4.69) is 21.2 Å². The average Bonchev–Trinajstić information content (AvgIpc) is 2.45. The number of benzene rings is 2. The molecule has 0 atom stereocenters. The number of hydrogen-bond donors (Lipinski definition) is 1. The summed E-state index contributed by atoms with van der Waals surface area (Å²) >= 11 is 9.38. The molecule has 0 bridgehead atoms. The standard InChI is InChI=1S/C16H15BrClNO2/c1-2-21-13-5-3-4-11(8-13)10-19-16(20)14-7-6-12(17)9-15(14)18/h3-9H,2,10H2,1H3,(H,19,20). The van der Waals surface area contributed by atoms with Gasteiger partial charge in [-0.1, -0.05) is 39.7 Å². The van der Waals surface area contributed by atoms with Gasteiger partial charge >= 0.3 is 0 Å². The number of carbonyl (C=O) groups excluding carboxylic acids is 1. The van der Waals surface area contributed by atoms with Gasteiger partial charge in [0.15, 0.2) is 0 Å². The summed E-state index contributed by atoms with van der Waals surface area (Å²) in [6.45, 7) is 2.97. The lowest BCUT2D eigenvalue weighted by Crippen LogP contribution is -2.23. The lowest BCUT2D eigenvalue weighted by molar-refractivity contribution is 0.0951. The van der Waals surface area contributed by atoms with E-state index in [-0.39, 0.29) is 5.91 Å². The molecule has 21 heavy (non-hydrogen) atoms. The zero-order valence-corrected chi connectivity index (χ0v) is 13.9. The van der Waals surface area contributed by atoms with Gasteiger partial charge in [-0.25, -0.2) is 0 Å². The third kappa shape index (κ3) is 4.48. The predicted octanol–water partition coefficient (Wildman–Crippen LogP) is 4.43. The van der Waals surface area contributed by atoms with Gasteiger partial charge in [0.25, 0.3) is 5.91 Å². The zero-order valence-electron chi connectivity index (χ0n) is 11.5. The number of carbonyl (C=O) groups is 1. The maximum atomic E-state index is 12.1.